The zero-order valence-electron chi connectivity index (χ0n) is 13.0. The van der Waals surface area contributed by atoms with E-state index in [1.54, 1.807) is 6.33 Å². The molecule has 22 heavy (non-hydrogen) atoms. The molecule has 0 spiro atoms. The van der Waals surface area contributed by atoms with Gasteiger partial charge in [0.05, 0.1) is 5.39 Å². The first-order chi connectivity index (χ1) is 10.7. The maximum atomic E-state index is 4.83. The number of nitrogens with zero attached hydrogens (tertiary/aromatic N) is 5. The first-order valence-electron chi connectivity index (χ1n) is 7.76. The summed E-state index contributed by atoms with van der Waals surface area (Å²) in [6.07, 6.45) is 6.51. The van der Waals surface area contributed by atoms with E-state index in [1.165, 1.54) is 35.1 Å². The van der Waals surface area contributed by atoms with E-state index in [9.17, 15) is 0 Å². The third kappa shape index (κ3) is 2.24. The van der Waals surface area contributed by atoms with E-state index in [2.05, 4.69) is 34.4 Å². The Bertz CT molecular complexity index is 818. The van der Waals surface area contributed by atoms with Crippen LogP contribution in [0, 0.1) is 0 Å². The monoisotopic (exact) mass is 316 g/mol. The van der Waals surface area contributed by atoms with Gasteiger partial charge in [-0.25, -0.2) is 9.97 Å². The molecule has 0 aromatic carbocycles. The summed E-state index contributed by atoms with van der Waals surface area (Å²) < 4.78 is 1.85. The quantitative estimate of drug-likeness (QED) is 0.799. The van der Waals surface area contributed by atoms with Crippen LogP contribution in [0.2, 0.25) is 0 Å². The topological polar surface area (TPSA) is 58.3 Å². The highest BCUT2D eigenvalue weighted by Crippen LogP contribution is 2.37. The molecule has 0 aliphatic heterocycles. The minimum Gasteiger partial charge on any atom is -0.353 e. The van der Waals surface area contributed by atoms with Gasteiger partial charge in [0.15, 0.2) is 5.65 Å². The number of rotatable bonds is 4. The van der Waals surface area contributed by atoms with Gasteiger partial charge in [-0.2, -0.15) is 9.61 Å². The van der Waals surface area contributed by atoms with E-state index in [4.69, 9.17) is 4.98 Å². The zero-order chi connectivity index (χ0) is 15.1. The van der Waals surface area contributed by atoms with Crippen LogP contribution in [-0.4, -0.2) is 51.7 Å². The van der Waals surface area contributed by atoms with E-state index < -0.39 is 0 Å². The Morgan fingerprint density at radius 2 is 2.18 bits per heavy atom. The van der Waals surface area contributed by atoms with Crippen LogP contribution in [0.5, 0.6) is 0 Å². The van der Waals surface area contributed by atoms with Crippen molar-refractivity contribution in [3.05, 3.63) is 16.8 Å². The highest BCUT2D eigenvalue weighted by molar-refractivity contribution is 7.19. The molecule has 0 saturated heterocycles. The molecule has 7 heteroatoms. The van der Waals surface area contributed by atoms with Gasteiger partial charge in [-0.15, -0.1) is 11.3 Å². The van der Waals surface area contributed by atoms with Gasteiger partial charge in [0, 0.05) is 18.0 Å². The van der Waals surface area contributed by atoms with Crippen LogP contribution < -0.4 is 5.32 Å². The van der Waals surface area contributed by atoms with Gasteiger partial charge < -0.3 is 10.2 Å². The Morgan fingerprint density at radius 1 is 1.32 bits per heavy atom. The van der Waals surface area contributed by atoms with Crippen molar-refractivity contribution in [3.8, 4) is 0 Å². The second-order valence-electron chi connectivity index (χ2n) is 6.05. The summed E-state index contributed by atoms with van der Waals surface area (Å²) in [7, 11) is 4.13. The normalized spacial score (nSPS) is 14.9. The van der Waals surface area contributed by atoms with Crippen LogP contribution in [0.15, 0.2) is 6.33 Å². The zero-order valence-corrected chi connectivity index (χ0v) is 13.8. The Balaban J connectivity index is 1.82. The van der Waals surface area contributed by atoms with Gasteiger partial charge >= 0.3 is 0 Å². The summed E-state index contributed by atoms with van der Waals surface area (Å²) in [6.45, 7) is 1.79. The van der Waals surface area contributed by atoms with Crippen molar-refractivity contribution < 1.29 is 0 Å². The first kappa shape index (κ1) is 13.9. The van der Waals surface area contributed by atoms with E-state index in [-0.39, 0.29) is 0 Å². The molecule has 1 aliphatic rings. The molecule has 1 aliphatic carbocycles. The molecule has 116 valence electrons. The number of anilines is 1. The second kappa shape index (κ2) is 5.48. The summed E-state index contributed by atoms with van der Waals surface area (Å²) in [4.78, 5) is 14.1. The second-order valence-corrected chi connectivity index (χ2v) is 7.14. The Hall–Kier alpha value is -1.73. The van der Waals surface area contributed by atoms with Crippen molar-refractivity contribution in [1.29, 1.82) is 0 Å². The average Bonchev–Trinajstić information content (AvgIpc) is 3.10. The summed E-state index contributed by atoms with van der Waals surface area (Å²) in [6, 6.07) is 0. The Kier molecular flexibility index (Phi) is 3.46. The lowest BCUT2D eigenvalue weighted by molar-refractivity contribution is 0.424. The molecule has 0 radical (unpaired) electrons. The third-order valence-electron chi connectivity index (χ3n) is 4.17. The molecule has 3 aromatic rings. The van der Waals surface area contributed by atoms with Gasteiger partial charge in [-0.3, -0.25) is 0 Å². The largest absolute Gasteiger partial charge is 0.353 e. The number of thiophene rings is 1. The lowest BCUT2D eigenvalue weighted by Gasteiger charge is -2.12. The molecule has 0 fully saturated rings. The predicted molar refractivity (Wildman–Crippen MR) is 89.9 cm³/mol. The highest BCUT2D eigenvalue weighted by Gasteiger charge is 2.21. The number of hydrogen-bond donors (Lipinski definition) is 1. The maximum Gasteiger partial charge on any atom is 0.227 e. The van der Waals surface area contributed by atoms with Crippen molar-refractivity contribution in [2.75, 3.05) is 32.5 Å². The summed E-state index contributed by atoms with van der Waals surface area (Å²) in [5.41, 5.74) is 2.40. The number of hydrogen-bond acceptors (Lipinski definition) is 6. The van der Waals surface area contributed by atoms with Gasteiger partial charge in [0.1, 0.15) is 11.2 Å². The van der Waals surface area contributed by atoms with Crippen molar-refractivity contribution in [2.24, 2.45) is 0 Å². The SMILES string of the molecule is CN(C)CCNc1nc2sc3c(c2c2ncnn12)CCCC3. The molecule has 0 saturated carbocycles. The Labute approximate surface area is 133 Å². The fourth-order valence-electron chi connectivity index (χ4n) is 3.08. The van der Waals surface area contributed by atoms with Crippen molar-refractivity contribution in [3.63, 3.8) is 0 Å². The van der Waals surface area contributed by atoms with Gasteiger partial charge in [-0.1, -0.05) is 0 Å². The van der Waals surface area contributed by atoms with E-state index >= 15 is 0 Å². The van der Waals surface area contributed by atoms with Crippen LogP contribution in [0.25, 0.3) is 15.9 Å². The van der Waals surface area contributed by atoms with Crippen LogP contribution in [0.3, 0.4) is 0 Å². The van der Waals surface area contributed by atoms with Gasteiger partial charge in [0.2, 0.25) is 5.95 Å². The number of nitrogens with one attached hydrogen (secondary N) is 1. The smallest absolute Gasteiger partial charge is 0.227 e. The number of likely N-dealkylation sites (N-methyl/N-ethyl adjacent to an activating group) is 1. The lowest BCUT2D eigenvalue weighted by Crippen LogP contribution is -2.22. The van der Waals surface area contributed by atoms with Gasteiger partial charge in [-0.05, 0) is 45.3 Å². The van der Waals surface area contributed by atoms with Gasteiger partial charge in [0.25, 0.3) is 0 Å². The fraction of sp³-hybridized carbons (Fsp3) is 0.533. The van der Waals surface area contributed by atoms with Crippen LogP contribution >= 0.6 is 11.3 Å². The highest BCUT2D eigenvalue weighted by atomic mass is 32.1. The summed E-state index contributed by atoms with van der Waals surface area (Å²) >= 11 is 1.83. The molecule has 0 amide bonds. The fourth-order valence-corrected chi connectivity index (χ4v) is 4.33. The molecule has 6 nitrogen and oxygen atoms in total. The maximum absolute atomic E-state index is 4.83. The summed E-state index contributed by atoms with van der Waals surface area (Å²) in [5.74, 6) is 0.792. The summed E-state index contributed by atoms with van der Waals surface area (Å²) in [5, 5.41) is 8.98. The van der Waals surface area contributed by atoms with E-state index in [0.717, 1.165) is 35.9 Å². The number of aryl methyl sites for hydroxylation is 2. The first-order valence-corrected chi connectivity index (χ1v) is 8.58. The van der Waals surface area contributed by atoms with Crippen LogP contribution in [0.1, 0.15) is 23.3 Å². The average molecular weight is 316 g/mol. The molecule has 3 heterocycles. The van der Waals surface area contributed by atoms with Crippen molar-refractivity contribution in [1.82, 2.24) is 24.5 Å². The third-order valence-corrected chi connectivity index (χ3v) is 5.36. The predicted octanol–water partition coefficient (Wildman–Crippen LogP) is 2.19. The lowest BCUT2D eigenvalue weighted by atomic mass is 9.97. The van der Waals surface area contributed by atoms with Crippen molar-refractivity contribution in [2.45, 2.75) is 25.7 Å². The molecule has 0 bridgehead atoms. The van der Waals surface area contributed by atoms with Crippen molar-refractivity contribution >= 4 is 33.1 Å². The molecule has 0 atom stereocenters. The molecule has 3 aromatic heterocycles. The van der Waals surface area contributed by atoms with E-state index in [0.29, 0.717) is 0 Å². The molecule has 4 rings (SSSR count). The minimum absolute atomic E-state index is 0.792. The Morgan fingerprint density at radius 3 is 3.05 bits per heavy atom. The molecule has 0 unspecified atom stereocenters. The number of fused-ring (bicyclic) bond motifs is 5. The number of aromatic nitrogens is 4. The van der Waals surface area contributed by atoms with Crippen LogP contribution in [0.4, 0.5) is 5.95 Å². The molecule has 1 N–H and O–H groups in total. The minimum atomic E-state index is 0.792. The van der Waals surface area contributed by atoms with Crippen LogP contribution in [-0.2, 0) is 12.8 Å². The standard InChI is InChI=1S/C15H20N6S/c1-20(2)8-7-16-15-19-14-12(13-17-9-18-21(13)15)10-5-3-4-6-11(10)22-14/h9H,3-8H2,1-2H3,(H,16,19). The molecular formula is C15H20N6S. The molecular weight excluding hydrogens is 296 g/mol. The van der Waals surface area contributed by atoms with E-state index in [1.807, 2.05) is 15.9 Å².